The molecule has 270 valence electrons. The summed E-state index contributed by atoms with van der Waals surface area (Å²) in [5.41, 5.74) is 8.66. The number of carbonyl (C=O) groups is 4. The molecular formula is C39H36FN7O6. The lowest BCUT2D eigenvalue weighted by molar-refractivity contribution is -0.136. The summed E-state index contributed by atoms with van der Waals surface area (Å²) < 4.78 is 26.5. The van der Waals surface area contributed by atoms with E-state index in [1.807, 2.05) is 24.3 Å². The molecule has 4 aromatic rings. The fourth-order valence-electron chi connectivity index (χ4n) is 6.95. The zero-order valence-corrected chi connectivity index (χ0v) is 28.9. The number of amides is 4. The smallest absolute Gasteiger partial charge is 0.262 e. The number of hydrogen-bond donors (Lipinski definition) is 4. The number of rotatable bonds is 10. The standard InChI is InChI=1S/C39H36FN7O6/c1-39(2,23-5-10-27(11-6-23)53-36-31(40)13-15-33(43-36)46-18-17-41-45-46)22-3-8-26(9-4-22)52-28-19-25(20-28)42-24-7-12-29-30(21-24)38(51)47(37(29)50)32-14-16-34(48)44-35(32)49/h3-13,15,17-18,21,25,28,32,41-42,45H,14,16,19-20H2,1-2H3,(H,44,48,49). The average molecular weight is 718 g/mol. The number of hydrazine groups is 2. The van der Waals surface area contributed by atoms with Gasteiger partial charge in [-0.25, -0.2) is 9.40 Å². The Bertz CT molecular complexity index is 2150. The molecule has 4 aliphatic rings. The maximum absolute atomic E-state index is 14.5. The van der Waals surface area contributed by atoms with Gasteiger partial charge in [-0.1, -0.05) is 38.1 Å². The van der Waals surface area contributed by atoms with Gasteiger partial charge in [0.15, 0.2) is 11.6 Å². The van der Waals surface area contributed by atoms with Gasteiger partial charge in [-0.05, 0) is 72.1 Å². The molecular weight excluding hydrogens is 681 g/mol. The maximum Gasteiger partial charge on any atom is 0.262 e. The number of piperidine rings is 1. The number of nitrogens with one attached hydrogen (secondary N) is 4. The minimum absolute atomic E-state index is 0.0133. The van der Waals surface area contributed by atoms with Crippen LogP contribution in [0.25, 0.3) is 0 Å². The number of aromatic nitrogens is 1. The molecule has 14 heteroatoms. The Morgan fingerprint density at radius 2 is 1.57 bits per heavy atom. The third-order valence-electron chi connectivity index (χ3n) is 10.1. The van der Waals surface area contributed by atoms with E-state index in [-0.39, 0.29) is 47.4 Å². The summed E-state index contributed by atoms with van der Waals surface area (Å²) >= 11 is 0. The van der Waals surface area contributed by atoms with Crippen molar-refractivity contribution in [2.24, 2.45) is 0 Å². The molecule has 0 radical (unpaired) electrons. The van der Waals surface area contributed by atoms with Crippen LogP contribution in [0, 0.1) is 5.82 Å². The number of benzene rings is 3. The monoisotopic (exact) mass is 717 g/mol. The van der Waals surface area contributed by atoms with Crippen molar-refractivity contribution in [2.45, 2.75) is 63.1 Å². The van der Waals surface area contributed by atoms with Crippen molar-refractivity contribution < 1.29 is 33.0 Å². The fraction of sp³-hybridized carbons (Fsp3) is 0.256. The second kappa shape index (κ2) is 13.4. The van der Waals surface area contributed by atoms with Gasteiger partial charge in [-0.2, -0.15) is 4.98 Å². The van der Waals surface area contributed by atoms with Gasteiger partial charge in [0.05, 0.1) is 11.1 Å². The van der Waals surface area contributed by atoms with Crippen LogP contribution in [0.1, 0.15) is 71.4 Å². The highest BCUT2D eigenvalue weighted by Gasteiger charge is 2.45. The number of fused-ring (bicyclic) bond motifs is 1. The number of halogens is 1. The Labute approximate surface area is 304 Å². The predicted molar refractivity (Wildman–Crippen MR) is 191 cm³/mol. The first kappa shape index (κ1) is 33.8. The summed E-state index contributed by atoms with van der Waals surface area (Å²) in [4.78, 5) is 55.3. The summed E-state index contributed by atoms with van der Waals surface area (Å²) in [5, 5.41) is 7.24. The molecule has 4 amide bonds. The normalized spacial score (nSPS) is 20.8. The third-order valence-corrected chi connectivity index (χ3v) is 10.1. The van der Waals surface area contributed by atoms with E-state index >= 15 is 0 Å². The van der Waals surface area contributed by atoms with Gasteiger partial charge in [-0.15, -0.1) is 5.53 Å². The van der Waals surface area contributed by atoms with Crippen LogP contribution in [0.15, 0.2) is 91.3 Å². The van der Waals surface area contributed by atoms with Gasteiger partial charge < -0.3 is 20.2 Å². The van der Waals surface area contributed by atoms with Crippen molar-refractivity contribution in [3.8, 4) is 17.4 Å². The quantitative estimate of drug-likeness (QED) is 0.163. The molecule has 0 bridgehead atoms. The molecule has 1 unspecified atom stereocenters. The van der Waals surface area contributed by atoms with Gasteiger partial charge >= 0.3 is 0 Å². The van der Waals surface area contributed by atoms with Crippen molar-refractivity contribution in [2.75, 3.05) is 10.3 Å². The van der Waals surface area contributed by atoms with Crippen LogP contribution in [-0.2, 0) is 15.0 Å². The van der Waals surface area contributed by atoms with Crippen molar-refractivity contribution in [1.82, 2.24) is 26.2 Å². The molecule has 0 spiro atoms. The van der Waals surface area contributed by atoms with Crippen LogP contribution >= 0.6 is 0 Å². The largest absolute Gasteiger partial charge is 0.490 e. The van der Waals surface area contributed by atoms with Gasteiger partial charge in [-0.3, -0.25) is 29.4 Å². The minimum atomic E-state index is -0.997. The van der Waals surface area contributed by atoms with E-state index in [4.69, 9.17) is 9.47 Å². The molecule has 53 heavy (non-hydrogen) atoms. The van der Waals surface area contributed by atoms with Crippen LogP contribution in [0.5, 0.6) is 17.4 Å². The first-order valence-electron chi connectivity index (χ1n) is 17.3. The molecule has 13 nitrogen and oxygen atoms in total. The Balaban J connectivity index is 0.842. The zero-order chi connectivity index (χ0) is 36.9. The van der Waals surface area contributed by atoms with Crippen LogP contribution < -0.4 is 36.1 Å². The molecule has 3 aromatic carbocycles. The number of nitrogens with zero attached hydrogens (tertiary/aromatic N) is 3. The fourth-order valence-corrected chi connectivity index (χ4v) is 6.95. The highest BCUT2D eigenvalue weighted by Crippen LogP contribution is 2.36. The lowest BCUT2D eigenvalue weighted by Gasteiger charge is -2.36. The Kier molecular flexibility index (Phi) is 8.53. The molecule has 3 aliphatic heterocycles. The second-order valence-corrected chi connectivity index (χ2v) is 13.9. The van der Waals surface area contributed by atoms with Crippen LogP contribution in [-0.4, -0.2) is 51.7 Å². The Hall–Kier alpha value is -6.28. The van der Waals surface area contributed by atoms with Crippen LogP contribution in [0.2, 0.25) is 0 Å². The van der Waals surface area contributed by atoms with Crippen molar-refractivity contribution in [3.63, 3.8) is 0 Å². The highest BCUT2D eigenvalue weighted by atomic mass is 19.1. The van der Waals surface area contributed by atoms with E-state index in [0.717, 1.165) is 34.6 Å². The van der Waals surface area contributed by atoms with E-state index in [2.05, 4.69) is 52.6 Å². The minimum Gasteiger partial charge on any atom is -0.490 e. The molecule has 1 saturated heterocycles. The highest BCUT2D eigenvalue weighted by molar-refractivity contribution is 6.23. The van der Waals surface area contributed by atoms with Crippen molar-refractivity contribution in [3.05, 3.63) is 119 Å². The van der Waals surface area contributed by atoms with E-state index in [0.29, 0.717) is 17.3 Å². The summed E-state index contributed by atoms with van der Waals surface area (Å²) in [6, 6.07) is 22.5. The number of hydrogen-bond acceptors (Lipinski definition) is 11. The Morgan fingerprint density at radius 1 is 0.868 bits per heavy atom. The molecule has 1 aromatic heterocycles. The molecule has 4 N–H and O–H groups in total. The maximum atomic E-state index is 14.5. The molecule has 2 fully saturated rings. The number of anilines is 2. The van der Waals surface area contributed by atoms with E-state index < -0.39 is 35.5 Å². The third kappa shape index (κ3) is 6.53. The number of ether oxygens (including phenoxy) is 2. The summed E-state index contributed by atoms with van der Waals surface area (Å²) in [5.74, 6) is -1.10. The molecule has 8 rings (SSSR count). The molecule has 1 atom stereocenters. The summed E-state index contributed by atoms with van der Waals surface area (Å²) in [7, 11) is 0. The first-order valence-corrected chi connectivity index (χ1v) is 17.3. The summed E-state index contributed by atoms with van der Waals surface area (Å²) in [6.07, 6.45) is 5.11. The van der Waals surface area contributed by atoms with Crippen molar-refractivity contribution in [1.29, 1.82) is 0 Å². The number of carbonyl (C=O) groups excluding carboxylic acids is 4. The second-order valence-electron chi connectivity index (χ2n) is 13.9. The average Bonchev–Trinajstić information content (AvgIpc) is 3.76. The molecule has 1 aliphatic carbocycles. The topological polar surface area (TPSA) is 154 Å². The Morgan fingerprint density at radius 3 is 2.25 bits per heavy atom. The van der Waals surface area contributed by atoms with E-state index in [1.165, 1.54) is 6.07 Å². The van der Waals surface area contributed by atoms with Crippen LogP contribution in [0.4, 0.5) is 15.9 Å². The number of pyridine rings is 1. The number of imide groups is 2. The first-order chi connectivity index (χ1) is 25.5. The van der Waals surface area contributed by atoms with Gasteiger partial charge in [0.1, 0.15) is 23.6 Å². The molecule has 1 saturated carbocycles. The molecule has 4 heterocycles. The van der Waals surface area contributed by atoms with Crippen molar-refractivity contribution >= 4 is 35.1 Å². The summed E-state index contributed by atoms with van der Waals surface area (Å²) in [6.45, 7) is 4.26. The zero-order valence-electron chi connectivity index (χ0n) is 28.9. The predicted octanol–water partition coefficient (Wildman–Crippen LogP) is 5.06. The van der Waals surface area contributed by atoms with Gasteiger partial charge in [0.2, 0.25) is 11.8 Å². The van der Waals surface area contributed by atoms with Gasteiger partial charge in [0, 0.05) is 48.8 Å². The lowest BCUT2D eigenvalue weighted by atomic mass is 9.78. The lowest BCUT2D eigenvalue weighted by Crippen LogP contribution is -2.54. The van der Waals surface area contributed by atoms with Crippen LogP contribution in [0.3, 0.4) is 0 Å². The van der Waals surface area contributed by atoms with Gasteiger partial charge in [0.25, 0.3) is 17.7 Å². The van der Waals surface area contributed by atoms with E-state index in [9.17, 15) is 23.6 Å². The van der Waals surface area contributed by atoms with E-state index in [1.54, 1.807) is 53.8 Å². The SMILES string of the molecule is CC(C)(c1ccc(Oc2nc(N3C=CNN3)ccc2F)cc1)c1ccc(OC2CC(Nc3ccc4c(c3)C(=O)N(C3CCC(=O)NC3=O)C4=O)C2)cc1.